The zero-order valence-electron chi connectivity index (χ0n) is 10.5. The number of anilines is 1. The number of rotatable bonds is 4. The normalized spacial score (nSPS) is 18.0. The summed E-state index contributed by atoms with van der Waals surface area (Å²) in [5.41, 5.74) is 4.68. The fourth-order valence-corrected chi connectivity index (χ4v) is 2.47. The molecule has 1 aliphatic rings. The van der Waals surface area contributed by atoms with Crippen molar-refractivity contribution in [2.45, 2.75) is 37.7 Å². The Kier molecular flexibility index (Phi) is 4.21. The van der Waals surface area contributed by atoms with Gasteiger partial charge in [-0.1, -0.05) is 30.9 Å². The van der Waals surface area contributed by atoms with Crippen LogP contribution in [0.5, 0.6) is 0 Å². The van der Waals surface area contributed by atoms with Gasteiger partial charge in [-0.25, -0.2) is 0 Å². The number of amides is 1. The second kappa shape index (κ2) is 5.71. The van der Waals surface area contributed by atoms with Gasteiger partial charge in [-0.05, 0) is 18.9 Å². The molecular formula is C12H17ClN4O2. The molecule has 1 aliphatic carbocycles. The molecule has 0 saturated heterocycles. The summed E-state index contributed by atoms with van der Waals surface area (Å²) >= 11 is 5.68. The second-order valence-electron chi connectivity index (χ2n) is 4.93. The molecule has 1 saturated carbocycles. The minimum Gasteiger partial charge on any atom is -0.388 e. The molecule has 1 amide bonds. The van der Waals surface area contributed by atoms with Crippen LogP contribution < -0.4 is 11.1 Å². The van der Waals surface area contributed by atoms with Gasteiger partial charge in [-0.2, -0.15) is 0 Å². The summed E-state index contributed by atoms with van der Waals surface area (Å²) < 4.78 is 0. The summed E-state index contributed by atoms with van der Waals surface area (Å²) in [4.78, 5) is 11.3. The highest BCUT2D eigenvalue weighted by atomic mass is 35.5. The largest absolute Gasteiger partial charge is 0.388 e. The highest BCUT2D eigenvalue weighted by molar-refractivity contribution is 6.29. The van der Waals surface area contributed by atoms with Crippen molar-refractivity contribution >= 4 is 23.3 Å². The van der Waals surface area contributed by atoms with Crippen LogP contribution in [0.25, 0.3) is 0 Å². The van der Waals surface area contributed by atoms with E-state index in [1.807, 2.05) is 0 Å². The summed E-state index contributed by atoms with van der Waals surface area (Å²) in [5, 5.41) is 20.9. The molecule has 1 aromatic rings. The number of primary amides is 1. The third-order valence-electron chi connectivity index (χ3n) is 3.40. The Labute approximate surface area is 116 Å². The van der Waals surface area contributed by atoms with E-state index in [9.17, 15) is 9.90 Å². The van der Waals surface area contributed by atoms with Crippen LogP contribution in [0.2, 0.25) is 5.15 Å². The smallest absolute Gasteiger partial charge is 0.252 e. The summed E-state index contributed by atoms with van der Waals surface area (Å²) in [6, 6.07) is 1.37. The predicted molar refractivity (Wildman–Crippen MR) is 72.1 cm³/mol. The Morgan fingerprint density at radius 2 is 2.11 bits per heavy atom. The maximum Gasteiger partial charge on any atom is 0.252 e. The first-order chi connectivity index (χ1) is 9.00. The first kappa shape index (κ1) is 14.0. The van der Waals surface area contributed by atoms with Gasteiger partial charge in [0.25, 0.3) is 5.91 Å². The van der Waals surface area contributed by atoms with Gasteiger partial charge in [-0.3, -0.25) is 4.79 Å². The van der Waals surface area contributed by atoms with E-state index in [0.29, 0.717) is 6.54 Å². The maximum atomic E-state index is 11.3. The van der Waals surface area contributed by atoms with Crippen LogP contribution in [0.15, 0.2) is 6.07 Å². The van der Waals surface area contributed by atoms with E-state index in [4.69, 9.17) is 17.3 Å². The molecule has 0 bridgehead atoms. The van der Waals surface area contributed by atoms with Crippen molar-refractivity contribution < 1.29 is 9.90 Å². The van der Waals surface area contributed by atoms with Crippen LogP contribution >= 0.6 is 11.6 Å². The zero-order chi connectivity index (χ0) is 13.9. The number of hydrogen-bond donors (Lipinski definition) is 3. The lowest BCUT2D eigenvalue weighted by Gasteiger charge is -2.32. The van der Waals surface area contributed by atoms with Crippen LogP contribution in [0.3, 0.4) is 0 Å². The van der Waals surface area contributed by atoms with Crippen molar-refractivity contribution in [2.24, 2.45) is 5.73 Å². The molecule has 1 aromatic heterocycles. The lowest BCUT2D eigenvalue weighted by molar-refractivity contribution is 0.0166. The SMILES string of the molecule is NC(=O)c1cc(Cl)nnc1NCC1(O)CCCCC1. The first-order valence-electron chi connectivity index (χ1n) is 6.29. The van der Waals surface area contributed by atoms with E-state index in [-0.39, 0.29) is 16.5 Å². The van der Waals surface area contributed by atoms with Crippen LogP contribution in [-0.4, -0.2) is 33.4 Å². The number of nitrogens with one attached hydrogen (secondary N) is 1. The predicted octanol–water partition coefficient (Wildman–Crippen LogP) is 1.34. The average Bonchev–Trinajstić information content (AvgIpc) is 2.38. The molecule has 0 atom stereocenters. The Bertz CT molecular complexity index is 475. The van der Waals surface area contributed by atoms with Gasteiger partial charge in [0.05, 0.1) is 11.2 Å². The second-order valence-corrected chi connectivity index (χ2v) is 5.32. The molecule has 104 valence electrons. The van der Waals surface area contributed by atoms with E-state index in [1.165, 1.54) is 6.07 Å². The van der Waals surface area contributed by atoms with Gasteiger partial charge in [0.2, 0.25) is 0 Å². The molecule has 0 unspecified atom stereocenters. The van der Waals surface area contributed by atoms with Crippen molar-refractivity contribution in [3.63, 3.8) is 0 Å². The summed E-state index contributed by atoms with van der Waals surface area (Å²) in [5.74, 6) is -0.370. The number of carbonyl (C=O) groups excluding carboxylic acids is 1. The van der Waals surface area contributed by atoms with E-state index < -0.39 is 11.5 Å². The number of aromatic nitrogens is 2. The van der Waals surface area contributed by atoms with Crippen molar-refractivity contribution in [2.75, 3.05) is 11.9 Å². The number of halogens is 1. The first-order valence-corrected chi connectivity index (χ1v) is 6.67. The third-order valence-corrected chi connectivity index (χ3v) is 3.58. The summed E-state index contributed by atoms with van der Waals surface area (Å²) in [6.45, 7) is 0.323. The fraction of sp³-hybridized carbons (Fsp3) is 0.583. The molecule has 6 nitrogen and oxygen atoms in total. The molecule has 0 spiro atoms. The van der Waals surface area contributed by atoms with Crippen LogP contribution in [-0.2, 0) is 0 Å². The fourth-order valence-electron chi connectivity index (χ4n) is 2.32. The van der Waals surface area contributed by atoms with Crippen molar-refractivity contribution in [1.82, 2.24) is 10.2 Å². The molecule has 19 heavy (non-hydrogen) atoms. The van der Waals surface area contributed by atoms with Crippen molar-refractivity contribution in [3.8, 4) is 0 Å². The molecule has 0 radical (unpaired) electrons. The Morgan fingerprint density at radius 1 is 1.42 bits per heavy atom. The highest BCUT2D eigenvalue weighted by Gasteiger charge is 2.29. The Hall–Kier alpha value is -1.40. The van der Waals surface area contributed by atoms with E-state index in [2.05, 4.69) is 15.5 Å². The quantitative estimate of drug-likeness (QED) is 0.774. The molecule has 4 N–H and O–H groups in total. The maximum absolute atomic E-state index is 11.3. The Balaban J connectivity index is 2.08. The van der Waals surface area contributed by atoms with Gasteiger partial charge < -0.3 is 16.2 Å². The lowest BCUT2D eigenvalue weighted by atomic mass is 9.85. The van der Waals surface area contributed by atoms with Crippen molar-refractivity contribution in [1.29, 1.82) is 0 Å². The molecule has 1 fully saturated rings. The molecule has 0 aliphatic heterocycles. The van der Waals surface area contributed by atoms with Crippen LogP contribution in [0.1, 0.15) is 42.5 Å². The monoisotopic (exact) mass is 284 g/mol. The van der Waals surface area contributed by atoms with Crippen LogP contribution in [0, 0.1) is 0 Å². The van der Waals surface area contributed by atoms with Gasteiger partial charge in [0.15, 0.2) is 11.0 Å². The number of nitrogens with zero attached hydrogens (tertiary/aromatic N) is 2. The Morgan fingerprint density at radius 3 is 2.74 bits per heavy atom. The lowest BCUT2D eigenvalue weighted by Crippen LogP contribution is -2.39. The van der Waals surface area contributed by atoms with Gasteiger partial charge in [-0.15, -0.1) is 10.2 Å². The highest BCUT2D eigenvalue weighted by Crippen LogP contribution is 2.28. The third kappa shape index (κ3) is 3.54. The molecule has 7 heteroatoms. The summed E-state index contributed by atoms with van der Waals surface area (Å²) in [6.07, 6.45) is 4.65. The number of nitrogens with two attached hydrogens (primary N) is 1. The molecular weight excluding hydrogens is 268 g/mol. The molecule has 0 aromatic carbocycles. The van der Waals surface area contributed by atoms with E-state index in [1.54, 1.807) is 0 Å². The van der Waals surface area contributed by atoms with Gasteiger partial charge in [0.1, 0.15) is 0 Å². The molecule has 2 rings (SSSR count). The van der Waals surface area contributed by atoms with Crippen molar-refractivity contribution in [3.05, 3.63) is 16.8 Å². The standard InChI is InChI=1S/C12H17ClN4O2/c13-9-6-8(10(14)18)11(17-16-9)15-7-12(19)4-2-1-3-5-12/h6,19H,1-5,7H2,(H2,14,18)(H,15,17). The topological polar surface area (TPSA) is 101 Å². The number of hydrogen-bond acceptors (Lipinski definition) is 5. The van der Waals surface area contributed by atoms with E-state index in [0.717, 1.165) is 32.1 Å². The molecule has 1 heterocycles. The number of aliphatic hydroxyl groups is 1. The zero-order valence-corrected chi connectivity index (χ0v) is 11.3. The number of carbonyl (C=O) groups is 1. The van der Waals surface area contributed by atoms with Crippen LogP contribution in [0.4, 0.5) is 5.82 Å². The average molecular weight is 285 g/mol. The van der Waals surface area contributed by atoms with Gasteiger partial charge >= 0.3 is 0 Å². The summed E-state index contributed by atoms with van der Waals surface area (Å²) in [7, 11) is 0. The minimum absolute atomic E-state index is 0.107. The van der Waals surface area contributed by atoms with E-state index >= 15 is 0 Å². The van der Waals surface area contributed by atoms with Gasteiger partial charge in [0, 0.05) is 6.54 Å². The minimum atomic E-state index is -0.755.